The number of para-hydroxylation sites is 2. The molecule has 0 atom stereocenters. The van der Waals surface area contributed by atoms with Gasteiger partial charge in [0.15, 0.2) is 0 Å². The first-order valence-corrected chi connectivity index (χ1v) is 14.5. The lowest BCUT2D eigenvalue weighted by atomic mass is 9.85. The van der Waals surface area contributed by atoms with Gasteiger partial charge in [-0.05, 0) is 61.9 Å². The van der Waals surface area contributed by atoms with E-state index in [0.717, 1.165) is 30.1 Å². The van der Waals surface area contributed by atoms with E-state index in [2.05, 4.69) is 15.3 Å². The fourth-order valence-corrected chi connectivity index (χ4v) is 6.04. The predicted molar refractivity (Wildman–Crippen MR) is 156 cm³/mol. The Morgan fingerprint density at radius 1 is 1.05 bits per heavy atom. The van der Waals surface area contributed by atoms with Gasteiger partial charge >= 0.3 is 5.69 Å². The number of imidazole rings is 1. The summed E-state index contributed by atoms with van der Waals surface area (Å²) in [6.07, 6.45) is 2.59. The van der Waals surface area contributed by atoms with Gasteiger partial charge in [-0.25, -0.2) is 18.6 Å². The van der Waals surface area contributed by atoms with E-state index >= 15 is 0 Å². The average molecular weight is 611 g/mol. The fourth-order valence-electron chi connectivity index (χ4n) is 5.88. The third-order valence-electron chi connectivity index (χ3n) is 8.05. The number of rotatable bonds is 7. The predicted octanol–water partition coefficient (Wildman–Crippen LogP) is 4.53. The van der Waals surface area contributed by atoms with Crippen LogP contribution in [0.2, 0.25) is 5.02 Å². The molecule has 0 spiro atoms. The van der Waals surface area contributed by atoms with Crippen LogP contribution in [0.15, 0.2) is 59.7 Å². The Morgan fingerprint density at radius 3 is 2.51 bits per heavy atom. The van der Waals surface area contributed by atoms with E-state index in [1.165, 1.54) is 6.07 Å². The number of nitrogens with zero attached hydrogens (tertiary/aromatic N) is 5. The van der Waals surface area contributed by atoms with Crippen molar-refractivity contribution in [3.8, 4) is 5.69 Å². The molecule has 0 unspecified atom stereocenters. The summed E-state index contributed by atoms with van der Waals surface area (Å²) < 4.78 is 35.4. The minimum atomic E-state index is -2.89. The van der Waals surface area contributed by atoms with Crippen LogP contribution in [0.25, 0.3) is 16.7 Å². The van der Waals surface area contributed by atoms with Crippen LogP contribution in [-0.2, 0) is 16.1 Å². The number of aromatic nitrogens is 4. The average Bonchev–Trinajstić information content (AvgIpc) is 3.29. The number of alkyl halides is 2. The lowest BCUT2D eigenvalue weighted by molar-refractivity contribution is -0.125. The number of benzene rings is 1. The van der Waals surface area contributed by atoms with Gasteiger partial charge < -0.3 is 10.1 Å². The van der Waals surface area contributed by atoms with E-state index in [1.807, 2.05) is 24.3 Å². The quantitative estimate of drug-likeness (QED) is 0.329. The number of ether oxygens (including phenoxy) is 1. The van der Waals surface area contributed by atoms with E-state index < -0.39 is 18.0 Å². The number of pyridine rings is 2. The van der Waals surface area contributed by atoms with Gasteiger partial charge in [0.2, 0.25) is 0 Å². The first-order valence-electron chi connectivity index (χ1n) is 14.1. The first-order chi connectivity index (χ1) is 20.8. The molecule has 1 saturated heterocycles. The summed E-state index contributed by atoms with van der Waals surface area (Å²) in [7, 11) is 0. The number of hydrogen-bond acceptors (Lipinski definition) is 6. The Labute approximate surface area is 250 Å². The van der Waals surface area contributed by atoms with Crippen molar-refractivity contribution >= 4 is 40.3 Å². The molecule has 1 aromatic carbocycles. The van der Waals surface area contributed by atoms with Gasteiger partial charge in [-0.1, -0.05) is 23.7 Å². The minimum Gasteiger partial charge on any atom is -0.370 e. The van der Waals surface area contributed by atoms with Gasteiger partial charge in [-0.15, -0.1) is 0 Å². The van der Waals surface area contributed by atoms with Gasteiger partial charge in [0.05, 0.1) is 46.7 Å². The van der Waals surface area contributed by atoms with Crippen molar-refractivity contribution in [1.29, 1.82) is 0 Å². The monoisotopic (exact) mass is 610 g/mol. The second kappa shape index (κ2) is 12.2. The lowest BCUT2D eigenvalue weighted by Crippen LogP contribution is -2.42. The van der Waals surface area contributed by atoms with Crippen LogP contribution in [0, 0.1) is 5.92 Å². The van der Waals surface area contributed by atoms with Crippen molar-refractivity contribution in [3.05, 3.63) is 81.6 Å². The number of anilines is 1. The molecular weight excluding hydrogens is 582 g/mol. The molecular formula is C30H29ClF2N6O4. The molecule has 13 heteroatoms. The Kier molecular flexibility index (Phi) is 8.22. The van der Waals surface area contributed by atoms with E-state index in [9.17, 15) is 23.2 Å². The molecule has 224 valence electrons. The maximum Gasteiger partial charge on any atom is 0.333 e. The van der Waals surface area contributed by atoms with Crippen molar-refractivity contribution in [2.45, 2.75) is 44.7 Å². The molecule has 4 aromatic rings. The first kappa shape index (κ1) is 28.9. The largest absolute Gasteiger partial charge is 0.370 e. The Bertz CT molecular complexity index is 1720. The molecule has 1 aliphatic heterocycles. The molecule has 0 bridgehead atoms. The van der Waals surface area contributed by atoms with E-state index in [0.29, 0.717) is 44.0 Å². The smallest absolute Gasteiger partial charge is 0.333 e. The van der Waals surface area contributed by atoms with E-state index in [-0.39, 0.29) is 40.7 Å². The fraction of sp³-hybridized carbons (Fsp3) is 0.367. The van der Waals surface area contributed by atoms with Crippen molar-refractivity contribution in [2.24, 2.45) is 5.92 Å². The van der Waals surface area contributed by atoms with Crippen LogP contribution in [0.1, 0.15) is 48.2 Å². The highest BCUT2D eigenvalue weighted by molar-refractivity contribution is 6.30. The van der Waals surface area contributed by atoms with Crippen molar-refractivity contribution < 1.29 is 23.1 Å². The molecule has 2 amide bonds. The van der Waals surface area contributed by atoms with Gasteiger partial charge in [-0.3, -0.25) is 28.6 Å². The highest BCUT2D eigenvalue weighted by Crippen LogP contribution is 2.29. The highest BCUT2D eigenvalue weighted by Gasteiger charge is 2.28. The normalized spacial score (nSPS) is 19.3. The number of halogens is 3. The molecule has 1 N–H and O–H groups in total. The summed E-state index contributed by atoms with van der Waals surface area (Å²) >= 11 is 5.91. The van der Waals surface area contributed by atoms with E-state index in [4.69, 9.17) is 16.3 Å². The summed E-state index contributed by atoms with van der Waals surface area (Å²) in [5.74, 6) is -0.0864. The van der Waals surface area contributed by atoms with E-state index in [1.54, 1.807) is 32.4 Å². The maximum atomic E-state index is 13.8. The summed E-state index contributed by atoms with van der Waals surface area (Å²) in [4.78, 5) is 48.4. The molecule has 4 heterocycles. The van der Waals surface area contributed by atoms with Crippen molar-refractivity contribution in [3.63, 3.8) is 0 Å². The van der Waals surface area contributed by atoms with Crippen LogP contribution < -0.4 is 15.9 Å². The molecule has 1 aliphatic carbocycles. The Hall–Kier alpha value is -4.16. The summed E-state index contributed by atoms with van der Waals surface area (Å²) in [5.41, 5.74) is 1.13. The van der Waals surface area contributed by atoms with Crippen LogP contribution in [-0.4, -0.2) is 56.7 Å². The lowest BCUT2D eigenvalue weighted by Gasteiger charge is -2.29. The van der Waals surface area contributed by atoms with Crippen molar-refractivity contribution in [1.82, 2.24) is 24.4 Å². The Morgan fingerprint density at radius 2 is 1.81 bits per heavy atom. The molecule has 6 rings (SSSR count). The van der Waals surface area contributed by atoms with Crippen LogP contribution >= 0.6 is 11.6 Å². The number of morpholine rings is 1. The second-order valence-electron chi connectivity index (χ2n) is 10.8. The number of amides is 2. The van der Waals surface area contributed by atoms with Crippen LogP contribution in [0.4, 0.5) is 14.6 Å². The molecule has 2 aliphatic rings. The summed E-state index contributed by atoms with van der Waals surface area (Å²) in [5, 5.41) is 2.97. The molecule has 2 fully saturated rings. The number of nitrogens with one attached hydrogen (secondary N) is 1. The standard InChI is InChI=1S/C30H29ClF2N6O4/c31-19-13-22(27(28(32)33)35-14-19)29(41)36-20-7-5-18(6-8-20)16-38-23-3-1-2-4-24(23)39(30(38)42)21-9-10-25(34-15-21)37-11-12-43-17-26(37)40/h1-4,9-10,13-15,18,20,28H,5-8,11-12,16-17H2,(H,36,41)/t18-,20-. The van der Waals surface area contributed by atoms with Gasteiger partial charge in [-0.2, -0.15) is 0 Å². The third-order valence-corrected chi connectivity index (χ3v) is 8.25. The zero-order valence-electron chi connectivity index (χ0n) is 23.1. The number of carbonyl (C=O) groups is 2. The molecule has 3 aromatic heterocycles. The molecule has 10 nitrogen and oxygen atoms in total. The van der Waals surface area contributed by atoms with Crippen LogP contribution in [0.3, 0.4) is 0 Å². The Balaban J connectivity index is 1.16. The molecule has 0 radical (unpaired) electrons. The third kappa shape index (κ3) is 5.89. The topological polar surface area (TPSA) is 111 Å². The number of hydrogen-bond donors (Lipinski definition) is 1. The van der Waals surface area contributed by atoms with Gasteiger partial charge in [0, 0.05) is 18.8 Å². The van der Waals surface area contributed by atoms with Crippen LogP contribution in [0.5, 0.6) is 0 Å². The minimum absolute atomic E-state index is 0.0175. The second-order valence-corrected chi connectivity index (χ2v) is 11.2. The van der Waals surface area contributed by atoms with Crippen molar-refractivity contribution in [2.75, 3.05) is 24.7 Å². The number of carbonyl (C=O) groups excluding carboxylic acids is 2. The number of fused-ring (bicyclic) bond motifs is 1. The van der Waals surface area contributed by atoms with Gasteiger partial charge in [0.1, 0.15) is 18.1 Å². The highest BCUT2D eigenvalue weighted by atomic mass is 35.5. The SMILES string of the molecule is O=C(N[C@H]1CC[C@H](Cn2c(=O)n(-c3ccc(N4CCOCC4=O)nc3)c3ccccc32)CC1)c1cc(Cl)cnc1C(F)F. The zero-order valence-corrected chi connectivity index (χ0v) is 23.8. The summed E-state index contributed by atoms with van der Waals surface area (Å²) in [6, 6.07) is 12.1. The maximum absolute atomic E-state index is 13.8. The molecule has 43 heavy (non-hydrogen) atoms. The summed E-state index contributed by atoms with van der Waals surface area (Å²) in [6.45, 7) is 1.37. The molecule has 1 saturated carbocycles. The van der Waals surface area contributed by atoms with Gasteiger partial charge in [0.25, 0.3) is 18.2 Å². The zero-order chi connectivity index (χ0) is 30.1.